The first-order chi connectivity index (χ1) is 11.2. The smallest absolute Gasteiger partial charge is 0.400 e. The van der Waals surface area contributed by atoms with E-state index in [0.717, 1.165) is 34.6 Å². The van der Waals surface area contributed by atoms with Crippen molar-refractivity contribution in [1.29, 1.82) is 0 Å². The molecule has 0 amide bonds. The maximum Gasteiger partial charge on any atom is 0.400 e. The molecule has 0 radical (unpaired) electrons. The van der Waals surface area contributed by atoms with Gasteiger partial charge in [-0.1, -0.05) is 17.1 Å². The molecular formula is C17H16N5O+. The third-order valence-corrected chi connectivity index (χ3v) is 3.86. The summed E-state index contributed by atoms with van der Waals surface area (Å²) in [5.74, 6) is 1.08. The molecule has 4 aromatic rings. The molecule has 0 aliphatic heterocycles. The van der Waals surface area contributed by atoms with Gasteiger partial charge in [-0.05, 0) is 17.7 Å². The maximum absolute atomic E-state index is 9.39. The van der Waals surface area contributed by atoms with E-state index in [1.54, 1.807) is 16.8 Å². The predicted octanol–water partition coefficient (Wildman–Crippen LogP) is 1.85. The Labute approximate surface area is 132 Å². The summed E-state index contributed by atoms with van der Waals surface area (Å²) in [6.07, 6.45) is 10.4. The van der Waals surface area contributed by atoms with E-state index in [4.69, 9.17) is 0 Å². The molecule has 0 aliphatic rings. The Kier molecular flexibility index (Phi) is 3.08. The number of H-pyrrole nitrogens is 1. The van der Waals surface area contributed by atoms with Crippen LogP contribution in [-0.4, -0.2) is 24.9 Å². The molecule has 114 valence electrons. The number of nitrogens with one attached hydrogen (secondary N) is 1. The van der Waals surface area contributed by atoms with Crippen molar-refractivity contribution in [3.8, 4) is 16.9 Å². The van der Waals surface area contributed by atoms with Crippen LogP contribution in [0.2, 0.25) is 0 Å². The van der Waals surface area contributed by atoms with Gasteiger partial charge in [-0.15, -0.1) is 0 Å². The molecule has 0 saturated carbocycles. The van der Waals surface area contributed by atoms with Gasteiger partial charge in [0.05, 0.1) is 24.2 Å². The van der Waals surface area contributed by atoms with Gasteiger partial charge in [0.25, 0.3) is 0 Å². The van der Waals surface area contributed by atoms with Crippen molar-refractivity contribution in [1.82, 2.24) is 19.7 Å². The Hall–Kier alpha value is -3.15. The summed E-state index contributed by atoms with van der Waals surface area (Å²) in [6, 6.07) is 7.25. The highest BCUT2D eigenvalue weighted by Crippen LogP contribution is 2.17. The second kappa shape index (κ2) is 5.24. The molecular weight excluding hydrogens is 290 g/mol. The third-order valence-electron chi connectivity index (χ3n) is 3.86. The highest BCUT2D eigenvalue weighted by molar-refractivity contribution is 5.59. The second-order valence-electron chi connectivity index (χ2n) is 5.56. The predicted molar refractivity (Wildman–Crippen MR) is 84.9 cm³/mol. The number of benzene rings is 1. The number of aromatic amines is 1. The Balaban J connectivity index is 1.74. The van der Waals surface area contributed by atoms with Crippen molar-refractivity contribution in [3.63, 3.8) is 0 Å². The SMILES string of the molecule is Cn1cc(-c2cnc3[nH]cc(Cc4ccc(O)cc4)[n+]3c2)cn1. The summed E-state index contributed by atoms with van der Waals surface area (Å²) in [4.78, 5) is 7.66. The van der Waals surface area contributed by atoms with E-state index < -0.39 is 0 Å². The van der Waals surface area contributed by atoms with Crippen LogP contribution in [0.25, 0.3) is 16.9 Å². The molecule has 0 saturated heterocycles. The average Bonchev–Trinajstić information content (AvgIpc) is 3.16. The molecule has 6 heteroatoms. The quantitative estimate of drug-likeness (QED) is 0.567. The molecule has 0 unspecified atom stereocenters. The summed E-state index contributed by atoms with van der Waals surface area (Å²) in [5.41, 5.74) is 4.28. The molecule has 23 heavy (non-hydrogen) atoms. The van der Waals surface area contributed by atoms with E-state index in [1.165, 1.54) is 0 Å². The first-order valence-electron chi connectivity index (χ1n) is 7.33. The maximum atomic E-state index is 9.39. The van der Waals surface area contributed by atoms with Crippen LogP contribution in [0.5, 0.6) is 5.75 Å². The van der Waals surface area contributed by atoms with Gasteiger partial charge in [0.1, 0.15) is 17.6 Å². The van der Waals surface area contributed by atoms with Gasteiger partial charge < -0.3 is 5.11 Å². The van der Waals surface area contributed by atoms with E-state index in [9.17, 15) is 5.11 Å². The minimum absolute atomic E-state index is 0.279. The lowest BCUT2D eigenvalue weighted by Gasteiger charge is -2.00. The molecule has 2 N–H and O–H groups in total. The number of imidazole rings is 1. The molecule has 3 heterocycles. The van der Waals surface area contributed by atoms with Crippen LogP contribution < -0.4 is 4.40 Å². The third kappa shape index (κ3) is 2.55. The number of rotatable bonds is 3. The molecule has 6 nitrogen and oxygen atoms in total. The monoisotopic (exact) mass is 306 g/mol. The highest BCUT2D eigenvalue weighted by atomic mass is 16.3. The van der Waals surface area contributed by atoms with Gasteiger partial charge in [-0.3, -0.25) is 4.68 Å². The fraction of sp³-hybridized carbons (Fsp3) is 0.118. The highest BCUT2D eigenvalue weighted by Gasteiger charge is 2.14. The second-order valence-corrected chi connectivity index (χ2v) is 5.56. The Morgan fingerprint density at radius 2 is 2.00 bits per heavy atom. The first kappa shape index (κ1) is 13.5. The van der Waals surface area contributed by atoms with E-state index in [2.05, 4.69) is 25.7 Å². The lowest BCUT2D eigenvalue weighted by molar-refractivity contribution is -0.521. The van der Waals surface area contributed by atoms with E-state index in [0.29, 0.717) is 0 Å². The first-order valence-corrected chi connectivity index (χ1v) is 7.33. The molecule has 0 atom stereocenters. The largest absolute Gasteiger partial charge is 0.508 e. The van der Waals surface area contributed by atoms with Crippen molar-refractivity contribution in [2.75, 3.05) is 0 Å². The van der Waals surface area contributed by atoms with Crippen molar-refractivity contribution in [2.45, 2.75) is 6.42 Å². The molecule has 0 aliphatic carbocycles. The fourth-order valence-electron chi connectivity index (χ4n) is 2.65. The van der Waals surface area contributed by atoms with Gasteiger partial charge in [-0.25, -0.2) is 9.38 Å². The Morgan fingerprint density at radius 3 is 2.74 bits per heavy atom. The van der Waals surface area contributed by atoms with Crippen molar-refractivity contribution in [3.05, 3.63) is 66.5 Å². The normalized spacial score (nSPS) is 11.2. The van der Waals surface area contributed by atoms with Gasteiger partial charge in [-0.2, -0.15) is 5.10 Å². The zero-order valence-corrected chi connectivity index (χ0v) is 12.6. The number of phenolic OH excluding ortho intramolecular Hbond substituents is 1. The Morgan fingerprint density at radius 1 is 1.17 bits per heavy atom. The number of nitrogens with zero attached hydrogens (tertiary/aromatic N) is 4. The van der Waals surface area contributed by atoms with Crippen molar-refractivity contribution >= 4 is 5.78 Å². The lowest BCUT2D eigenvalue weighted by atomic mass is 10.1. The molecule has 3 aromatic heterocycles. The number of aryl methyl sites for hydroxylation is 1. The number of hydrogen-bond acceptors (Lipinski definition) is 3. The standard InChI is InChI=1S/C17H15N5O/c1-21-10-14(8-20-21)13-7-18-17-19-9-15(22(17)11-13)6-12-2-4-16(23)5-3-12/h2-5,7-11,23H,6H2,1H3/p+1. The number of aromatic nitrogens is 5. The number of hydrogen-bond donors (Lipinski definition) is 2. The summed E-state index contributed by atoms with van der Waals surface area (Å²) in [7, 11) is 1.90. The summed E-state index contributed by atoms with van der Waals surface area (Å²) in [5, 5.41) is 13.6. The van der Waals surface area contributed by atoms with Crippen LogP contribution >= 0.6 is 0 Å². The number of phenols is 1. The molecule has 0 bridgehead atoms. The molecule has 0 spiro atoms. The lowest BCUT2D eigenvalue weighted by Crippen LogP contribution is -2.25. The van der Waals surface area contributed by atoms with E-state index in [1.807, 2.05) is 44.0 Å². The van der Waals surface area contributed by atoms with Crippen molar-refractivity contribution < 1.29 is 9.51 Å². The van der Waals surface area contributed by atoms with Crippen LogP contribution in [0.3, 0.4) is 0 Å². The zero-order valence-electron chi connectivity index (χ0n) is 12.6. The van der Waals surface area contributed by atoms with Gasteiger partial charge in [0.15, 0.2) is 0 Å². The van der Waals surface area contributed by atoms with Gasteiger partial charge >= 0.3 is 5.78 Å². The fourth-order valence-corrected chi connectivity index (χ4v) is 2.65. The van der Waals surface area contributed by atoms with Crippen LogP contribution in [-0.2, 0) is 13.5 Å². The zero-order chi connectivity index (χ0) is 15.8. The molecule has 1 aromatic carbocycles. The van der Waals surface area contributed by atoms with E-state index in [-0.39, 0.29) is 5.75 Å². The summed E-state index contributed by atoms with van der Waals surface area (Å²) < 4.78 is 3.83. The number of fused-ring (bicyclic) bond motifs is 1. The van der Waals surface area contributed by atoms with Crippen LogP contribution in [0.4, 0.5) is 0 Å². The van der Waals surface area contributed by atoms with E-state index >= 15 is 0 Å². The van der Waals surface area contributed by atoms with Gasteiger partial charge in [0.2, 0.25) is 0 Å². The van der Waals surface area contributed by atoms with Gasteiger partial charge in [0, 0.05) is 25.2 Å². The molecule has 0 fully saturated rings. The van der Waals surface area contributed by atoms with Crippen LogP contribution in [0.15, 0.2) is 55.2 Å². The molecule has 4 rings (SSSR count). The summed E-state index contributed by atoms with van der Waals surface area (Å²) >= 11 is 0. The minimum atomic E-state index is 0.279. The Bertz CT molecular complexity index is 968. The van der Waals surface area contributed by atoms with Crippen LogP contribution in [0.1, 0.15) is 11.3 Å². The van der Waals surface area contributed by atoms with Crippen molar-refractivity contribution in [2.24, 2.45) is 7.05 Å². The minimum Gasteiger partial charge on any atom is -0.508 e. The van der Waals surface area contributed by atoms with Crippen LogP contribution in [0, 0.1) is 0 Å². The average molecular weight is 306 g/mol. The number of aromatic hydroxyl groups is 1. The topological polar surface area (TPSA) is 70.8 Å². The summed E-state index contributed by atoms with van der Waals surface area (Å²) in [6.45, 7) is 0.